The highest BCUT2D eigenvalue weighted by Gasteiger charge is 2.24. The number of carbonyl (C=O) groups excluding carboxylic acids is 2. The van der Waals surface area contributed by atoms with E-state index in [4.69, 9.17) is 19.2 Å². The lowest BCUT2D eigenvalue weighted by Gasteiger charge is -2.14. The number of hydrogen-bond acceptors (Lipinski definition) is 7. The summed E-state index contributed by atoms with van der Waals surface area (Å²) in [4.78, 5) is 30.8. The van der Waals surface area contributed by atoms with E-state index in [1.54, 1.807) is 25.1 Å². The molecular weight excluding hydrogens is 460 g/mol. The van der Waals surface area contributed by atoms with Gasteiger partial charge < -0.3 is 19.5 Å². The number of anilines is 1. The maximum Gasteiger partial charge on any atom is 0.343 e. The van der Waals surface area contributed by atoms with Gasteiger partial charge in [0.2, 0.25) is 0 Å². The second kappa shape index (κ2) is 10.1. The van der Waals surface area contributed by atoms with Gasteiger partial charge in [0.05, 0.1) is 32.5 Å². The van der Waals surface area contributed by atoms with Gasteiger partial charge in [0.25, 0.3) is 5.91 Å². The summed E-state index contributed by atoms with van der Waals surface area (Å²) in [6.45, 7) is 7.92. The molecule has 0 saturated heterocycles. The molecule has 9 heteroatoms. The maximum atomic E-state index is 13.3. The first kappa shape index (κ1) is 24.7. The van der Waals surface area contributed by atoms with Crippen molar-refractivity contribution in [2.24, 2.45) is 0 Å². The molecule has 0 aliphatic carbocycles. The van der Waals surface area contributed by atoms with Gasteiger partial charge in [-0.15, -0.1) is 0 Å². The molecule has 0 fully saturated rings. The Hall–Kier alpha value is -4.40. The number of methoxy groups -OCH3 is 2. The SMILES string of the molecule is CCOC(=O)c1cnn(-c2cc(C)c3cc(C)cc(C)c3n2)c1NC(=O)c1cc(OC)cc(OC)c1. The van der Waals surface area contributed by atoms with E-state index >= 15 is 0 Å². The van der Waals surface area contributed by atoms with Crippen LogP contribution in [-0.2, 0) is 4.74 Å². The number of pyridine rings is 1. The van der Waals surface area contributed by atoms with E-state index in [2.05, 4.69) is 22.5 Å². The summed E-state index contributed by atoms with van der Waals surface area (Å²) in [5, 5.41) is 8.24. The van der Waals surface area contributed by atoms with Gasteiger partial charge in [0, 0.05) is 17.0 Å². The van der Waals surface area contributed by atoms with Crippen molar-refractivity contribution in [3.05, 3.63) is 70.4 Å². The third kappa shape index (κ3) is 4.72. The third-order valence-electron chi connectivity index (χ3n) is 5.77. The molecule has 0 radical (unpaired) electrons. The number of esters is 1. The Balaban J connectivity index is 1.84. The van der Waals surface area contributed by atoms with Crippen LogP contribution in [-0.4, -0.2) is 47.5 Å². The molecule has 0 aliphatic heterocycles. The van der Waals surface area contributed by atoms with Crippen LogP contribution in [0.3, 0.4) is 0 Å². The molecule has 2 aromatic heterocycles. The van der Waals surface area contributed by atoms with Gasteiger partial charge in [-0.3, -0.25) is 4.79 Å². The minimum atomic E-state index is -0.605. The molecule has 0 aliphatic rings. The summed E-state index contributed by atoms with van der Waals surface area (Å²) in [6, 6.07) is 10.8. The Morgan fingerprint density at radius 3 is 2.28 bits per heavy atom. The molecule has 4 rings (SSSR count). The average Bonchev–Trinajstić information content (AvgIpc) is 3.27. The van der Waals surface area contributed by atoms with Gasteiger partial charge in [-0.05, 0) is 63.1 Å². The zero-order valence-electron chi connectivity index (χ0n) is 21.1. The van der Waals surface area contributed by atoms with E-state index in [9.17, 15) is 9.59 Å². The van der Waals surface area contributed by atoms with E-state index in [0.29, 0.717) is 17.3 Å². The van der Waals surface area contributed by atoms with E-state index in [1.165, 1.54) is 25.1 Å². The van der Waals surface area contributed by atoms with Crippen molar-refractivity contribution in [1.29, 1.82) is 0 Å². The lowest BCUT2D eigenvalue weighted by atomic mass is 10.0. The number of amides is 1. The Bertz CT molecular complexity index is 1450. The molecule has 0 bridgehead atoms. The number of nitrogens with zero attached hydrogens (tertiary/aromatic N) is 3. The lowest BCUT2D eigenvalue weighted by Crippen LogP contribution is -2.18. The second-order valence-corrected chi connectivity index (χ2v) is 8.37. The number of carbonyl (C=O) groups is 2. The predicted octanol–water partition coefficient (Wildman–Crippen LogP) is 4.79. The molecule has 186 valence electrons. The van der Waals surface area contributed by atoms with Gasteiger partial charge in [-0.25, -0.2) is 9.78 Å². The van der Waals surface area contributed by atoms with E-state index < -0.39 is 11.9 Å². The molecule has 2 aromatic carbocycles. The van der Waals surface area contributed by atoms with Crippen LogP contribution in [0.1, 0.15) is 44.3 Å². The highest BCUT2D eigenvalue weighted by atomic mass is 16.5. The fourth-order valence-corrected chi connectivity index (χ4v) is 4.05. The minimum absolute atomic E-state index is 0.111. The van der Waals surface area contributed by atoms with Gasteiger partial charge in [-0.1, -0.05) is 11.6 Å². The van der Waals surface area contributed by atoms with Crippen LogP contribution in [0.5, 0.6) is 11.5 Å². The van der Waals surface area contributed by atoms with Gasteiger partial charge >= 0.3 is 5.97 Å². The van der Waals surface area contributed by atoms with E-state index in [1.807, 2.05) is 26.8 Å². The van der Waals surface area contributed by atoms with Crippen molar-refractivity contribution < 1.29 is 23.8 Å². The van der Waals surface area contributed by atoms with Crippen molar-refractivity contribution >= 4 is 28.6 Å². The van der Waals surface area contributed by atoms with Crippen molar-refractivity contribution in [2.75, 3.05) is 26.1 Å². The number of aryl methyl sites for hydroxylation is 3. The molecule has 0 spiro atoms. The number of benzene rings is 2. The molecule has 0 unspecified atom stereocenters. The van der Waals surface area contributed by atoms with E-state index in [0.717, 1.165) is 27.6 Å². The molecule has 36 heavy (non-hydrogen) atoms. The maximum absolute atomic E-state index is 13.3. The van der Waals surface area contributed by atoms with Gasteiger partial charge in [0.1, 0.15) is 17.1 Å². The van der Waals surface area contributed by atoms with E-state index in [-0.39, 0.29) is 23.6 Å². The normalized spacial score (nSPS) is 10.8. The van der Waals surface area contributed by atoms with Crippen LogP contribution >= 0.6 is 0 Å². The summed E-state index contributed by atoms with van der Waals surface area (Å²) < 4.78 is 17.2. The monoisotopic (exact) mass is 488 g/mol. The Kier molecular flexibility index (Phi) is 6.91. The fourth-order valence-electron chi connectivity index (χ4n) is 4.05. The number of ether oxygens (including phenoxy) is 3. The van der Waals surface area contributed by atoms with Crippen molar-refractivity contribution in [1.82, 2.24) is 14.8 Å². The lowest BCUT2D eigenvalue weighted by molar-refractivity contribution is 0.0527. The van der Waals surface area contributed by atoms with Crippen molar-refractivity contribution in [3.8, 4) is 17.3 Å². The summed E-state index contributed by atoms with van der Waals surface area (Å²) in [5.74, 6) is 0.431. The average molecular weight is 489 g/mol. The molecule has 1 amide bonds. The number of rotatable bonds is 7. The van der Waals surface area contributed by atoms with Crippen LogP contribution in [0.2, 0.25) is 0 Å². The quantitative estimate of drug-likeness (QED) is 0.373. The number of fused-ring (bicyclic) bond motifs is 1. The fraction of sp³-hybridized carbons (Fsp3) is 0.259. The molecule has 2 heterocycles. The topological polar surface area (TPSA) is 105 Å². The van der Waals surface area contributed by atoms with Crippen LogP contribution in [0.25, 0.3) is 16.7 Å². The Morgan fingerprint density at radius 1 is 0.944 bits per heavy atom. The zero-order valence-corrected chi connectivity index (χ0v) is 21.1. The first-order chi connectivity index (χ1) is 17.2. The number of aromatic nitrogens is 3. The van der Waals surface area contributed by atoms with Gasteiger partial charge in [0.15, 0.2) is 11.6 Å². The first-order valence-corrected chi connectivity index (χ1v) is 11.4. The molecule has 0 atom stereocenters. The van der Waals surface area contributed by atoms with Crippen LogP contribution in [0.4, 0.5) is 5.82 Å². The molecule has 0 saturated carbocycles. The highest BCUT2D eigenvalue weighted by molar-refractivity contribution is 6.08. The van der Waals surface area contributed by atoms with Crippen molar-refractivity contribution in [3.63, 3.8) is 0 Å². The first-order valence-electron chi connectivity index (χ1n) is 11.4. The molecular formula is C27H28N4O5. The molecule has 4 aromatic rings. The summed E-state index contributed by atoms with van der Waals surface area (Å²) in [6.07, 6.45) is 1.36. The van der Waals surface area contributed by atoms with Crippen LogP contribution < -0.4 is 14.8 Å². The summed E-state index contributed by atoms with van der Waals surface area (Å²) in [5.41, 5.74) is 4.36. The van der Waals surface area contributed by atoms with Crippen LogP contribution in [0, 0.1) is 20.8 Å². The molecule has 9 nitrogen and oxygen atoms in total. The minimum Gasteiger partial charge on any atom is -0.497 e. The number of hydrogen-bond donors (Lipinski definition) is 1. The zero-order chi connectivity index (χ0) is 26.0. The van der Waals surface area contributed by atoms with Crippen LogP contribution in [0.15, 0.2) is 42.6 Å². The Morgan fingerprint density at radius 2 is 1.64 bits per heavy atom. The molecule has 1 N–H and O–H groups in total. The Labute approximate surface area is 209 Å². The highest BCUT2D eigenvalue weighted by Crippen LogP contribution is 2.28. The second-order valence-electron chi connectivity index (χ2n) is 8.37. The standard InChI is InChI=1S/C27H28N4O5/c1-7-36-27(33)22-14-28-31(23-10-16(3)21-9-15(2)8-17(4)24(21)29-23)25(22)30-26(32)18-11-19(34-5)13-20(12-18)35-6/h8-14H,7H2,1-6H3,(H,30,32). The third-order valence-corrected chi connectivity index (χ3v) is 5.77. The van der Waals surface area contributed by atoms with Gasteiger partial charge in [-0.2, -0.15) is 9.78 Å². The predicted molar refractivity (Wildman–Crippen MR) is 137 cm³/mol. The number of nitrogens with one attached hydrogen (secondary N) is 1. The van der Waals surface area contributed by atoms with Crippen molar-refractivity contribution in [2.45, 2.75) is 27.7 Å². The largest absolute Gasteiger partial charge is 0.497 e. The smallest absolute Gasteiger partial charge is 0.343 e. The summed E-state index contributed by atoms with van der Waals surface area (Å²) in [7, 11) is 3.00. The summed E-state index contributed by atoms with van der Waals surface area (Å²) >= 11 is 0.